The van der Waals surface area contributed by atoms with Gasteiger partial charge < -0.3 is 15.0 Å². The van der Waals surface area contributed by atoms with Crippen LogP contribution in [0.15, 0.2) is 0 Å². The van der Waals surface area contributed by atoms with Crippen LogP contribution < -0.4 is 5.32 Å². The van der Waals surface area contributed by atoms with Crippen molar-refractivity contribution in [2.45, 2.75) is 32.7 Å². The maximum absolute atomic E-state index is 12.4. The van der Waals surface area contributed by atoms with Crippen LogP contribution in [0.5, 0.6) is 0 Å². The van der Waals surface area contributed by atoms with E-state index in [9.17, 15) is 4.79 Å². The van der Waals surface area contributed by atoms with Crippen LogP contribution in [0, 0.1) is 0 Å². The number of ether oxygens (including phenoxy) is 1. The van der Waals surface area contributed by atoms with Crippen LogP contribution >= 0.6 is 11.3 Å². The Balaban J connectivity index is 2.03. The number of carbonyl (C=O) groups is 1. The monoisotopic (exact) mass is 284 g/mol. The zero-order valence-corrected chi connectivity index (χ0v) is 12.2. The van der Waals surface area contributed by atoms with Gasteiger partial charge >= 0.3 is 0 Å². The van der Waals surface area contributed by atoms with Gasteiger partial charge in [-0.2, -0.15) is 0 Å². The molecule has 6 nitrogen and oxygen atoms in total. The normalized spacial score (nSPS) is 19.5. The number of carbonyl (C=O) groups excluding carboxylic acids is 1. The van der Waals surface area contributed by atoms with E-state index in [1.54, 1.807) is 0 Å². The van der Waals surface area contributed by atoms with Gasteiger partial charge in [0.05, 0.1) is 19.3 Å². The van der Waals surface area contributed by atoms with E-state index in [0.717, 1.165) is 19.4 Å². The van der Waals surface area contributed by atoms with Crippen LogP contribution in [0.4, 0.5) is 5.13 Å². The highest BCUT2D eigenvalue weighted by Crippen LogP contribution is 2.20. The van der Waals surface area contributed by atoms with E-state index >= 15 is 0 Å². The topological polar surface area (TPSA) is 67.4 Å². The first kappa shape index (κ1) is 14.2. The summed E-state index contributed by atoms with van der Waals surface area (Å²) in [7, 11) is 0. The standard InChI is InChI=1S/C12H20N4O2S/c1-3-5-13-12-15-14-10(19-12)11(17)16-6-7-18-8-9(16)4-2/h9H,3-8H2,1-2H3,(H,13,15). The fraction of sp³-hybridized carbons (Fsp3) is 0.750. The Morgan fingerprint density at radius 1 is 1.53 bits per heavy atom. The van der Waals surface area contributed by atoms with Crippen molar-refractivity contribution in [2.75, 3.05) is 31.6 Å². The molecule has 19 heavy (non-hydrogen) atoms. The highest BCUT2D eigenvalue weighted by atomic mass is 32.1. The number of aromatic nitrogens is 2. The van der Waals surface area contributed by atoms with E-state index in [1.165, 1.54) is 11.3 Å². The Kier molecular flexibility index (Phi) is 5.09. The average molecular weight is 284 g/mol. The number of rotatable bonds is 5. The molecule has 1 atom stereocenters. The fourth-order valence-electron chi connectivity index (χ4n) is 2.00. The minimum absolute atomic E-state index is 0.0304. The van der Waals surface area contributed by atoms with Crippen LogP contribution in [0.1, 0.15) is 36.5 Å². The first-order valence-electron chi connectivity index (χ1n) is 6.72. The van der Waals surface area contributed by atoms with E-state index < -0.39 is 0 Å². The molecular formula is C12H20N4O2S. The SMILES string of the molecule is CCCNc1nnc(C(=O)N2CCOCC2CC)s1. The number of hydrogen-bond donors (Lipinski definition) is 1. The molecule has 0 saturated carbocycles. The number of morpholine rings is 1. The van der Waals surface area contributed by atoms with Crippen LogP contribution in [-0.4, -0.2) is 53.3 Å². The fourth-order valence-corrected chi connectivity index (χ4v) is 2.72. The Hall–Kier alpha value is -1.21. The lowest BCUT2D eigenvalue weighted by Crippen LogP contribution is -2.48. The third-order valence-corrected chi connectivity index (χ3v) is 3.96. The maximum Gasteiger partial charge on any atom is 0.285 e. The van der Waals surface area contributed by atoms with Crippen molar-refractivity contribution in [3.05, 3.63) is 5.01 Å². The molecule has 1 aromatic rings. The smallest absolute Gasteiger partial charge is 0.285 e. The molecule has 1 N–H and O–H groups in total. The molecule has 7 heteroatoms. The van der Waals surface area contributed by atoms with Crippen molar-refractivity contribution in [3.8, 4) is 0 Å². The van der Waals surface area contributed by atoms with Gasteiger partial charge in [-0.05, 0) is 12.8 Å². The average Bonchev–Trinajstić information content (AvgIpc) is 2.93. The molecule has 0 aliphatic carbocycles. The lowest BCUT2D eigenvalue weighted by molar-refractivity contribution is -0.00285. The van der Waals surface area contributed by atoms with Gasteiger partial charge in [0.1, 0.15) is 0 Å². The summed E-state index contributed by atoms with van der Waals surface area (Å²) in [6.07, 6.45) is 1.91. The predicted octanol–water partition coefficient (Wildman–Crippen LogP) is 1.61. The molecule has 106 valence electrons. The second-order valence-electron chi connectivity index (χ2n) is 4.47. The quantitative estimate of drug-likeness (QED) is 0.889. The molecule has 2 rings (SSSR count). The molecule has 1 unspecified atom stereocenters. The van der Waals surface area contributed by atoms with Gasteiger partial charge in [-0.1, -0.05) is 25.2 Å². The molecule has 0 spiro atoms. The second-order valence-corrected chi connectivity index (χ2v) is 5.45. The molecule has 1 aliphatic rings. The molecule has 0 bridgehead atoms. The zero-order valence-electron chi connectivity index (χ0n) is 11.4. The summed E-state index contributed by atoms with van der Waals surface area (Å²) < 4.78 is 5.41. The van der Waals surface area contributed by atoms with Gasteiger partial charge in [-0.3, -0.25) is 4.79 Å². The molecule has 2 heterocycles. The number of anilines is 1. The third kappa shape index (κ3) is 3.42. The van der Waals surface area contributed by atoms with Gasteiger partial charge in [0, 0.05) is 13.1 Å². The molecule has 1 fully saturated rings. The largest absolute Gasteiger partial charge is 0.377 e. The van der Waals surface area contributed by atoms with E-state index in [1.807, 2.05) is 4.90 Å². The number of nitrogens with one attached hydrogen (secondary N) is 1. The maximum atomic E-state index is 12.4. The van der Waals surface area contributed by atoms with Crippen molar-refractivity contribution >= 4 is 22.4 Å². The number of hydrogen-bond acceptors (Lipinski definition) is 6. The van der Waals surface area contributed by atoms with E-state index in [4.69, 9.17) is 4.74 Å². The Labute approximate surface area is 117 Å². The molecule has 1 aromatic heterocycles. The van der Waals surface area contributed by atoms with Crippen LogP contribution in [0.2, 0.25) is 0 Å². The summed E-state index contributed by atoms with van der Waals surface area (Å²) >= 11 is 1.32. The predicted molar refractivity (Wildman–Crippen MR) is 74.6 cm³/mol. The van der Waals surface area contributed by atoms with Gasteiger partial charge in [-0.15, -0.1) is 10.2 Å². The van der Waals surface area contributed by atoms with E-state index in [0.29, 0.717) is 29.9 Å². The Bertz CT molecular complexity index is 424. The van der Waals surface area contributed by atoms with E-state index in [2.05, 4.69) is 29.4 Å². The molecule has 0 aromatic carbocycles. The molecule has 1 amide bonds. The van der Waals surface area contributed by atoms with Crippen molar-refractivity contribution in [2.24, 2.45) is 0 Å². The number of amides is 1. The van der Waals surface area contributed by atoms with Crippen molar-refractivity contribution in [1.82, 2.24) is 15.1 Å². The van der Waals surface area contributed by atoms with Crippen LogP contribution in [-0.2, 0) is 4.74 Å². The van der Waals surface area contributed by atoms with Gasteiger partial charge in [0.2, 0.25) is 10.1 Å². The zero-order chi connectivity index (χ0) is 13.7. The molecule has 0 radical (unpaired) electrons. The summed E-state index contributed by atoms with van der Waals surface area (Å²) in [6.45, 7) is 6.84. The molecule has 1 saturated heterocycles. The second kappa shape index (κ2) is 6.81. The Morgan fingerprint density at radius 2 is 2.37 bits per heavy atom. The van der Waals surface area contributed by atoms with Crippen molar-refractivity contribution < 1.29 is 9.53 Å². The third-order valence-electron chi connectivity index (χ3n) is 3.09. The van der Waals surface area contributed by atoms with E-state index in [-0.39, 0.29) is 11.9 Å². The van der Waals surface area contributed by atoms with Crippen molar-refractivity contribution in [1.29, 1.82) is 0 Å². The van der Waals surface area contributed by atoms with Crippen molar-refractivity contribution in [3.63, 3.8) is 0 Å². The van der Waals surface area contributed by atoms with Gasteiger partial charge in [0.25, 0.3) is 5.91 Å². The van der Waals surface area contributed by atoms with Crippen LogP contribution in [0.3, 0.4) is 0 Å². The van der Waals surface area contributed by atoms with Crippen LogP contribution in [0.25, 0.3) is 0 Å². The lowest BCUT2D eigenvalue weighted by Gasteiger charge is -2.34. The van der Waals surface area contributed by atoms with Gasteiger partial charge in [0.15, 0.2) is 0 Å². The summed E-state index contributed by atoms with van der Waals surface area (Å²) in [5.41, 5.74) is 0. The lowest BCUT2D eigenvalue weighted by atomic mass is 10.2. The number of nitrogens with zero attached hydrogens (tertiary/aromatic N) is 3. The minimum atomic E-state index is -0.0304. The first-order chi connectivity index (χ1) is 9.26. The summed E-state index contributed by atoms with van der Waals surface area (Å²) in [6, 6.07) is 0.150. The first-order valence-corrected chi connectivity index (χ1v) is 7.54. The highest BCUT2D eigenvalue weighted by molar-refractivity contribution is 7.17. The molecular weight excluding hydrogens is 264 g/mol. The minimum Gasteiger partial charge on any atom is -0.377 e. The van der Waals surface area contributed by atoms with Gasteiger partial charge in [-0.25, -0.2) is 0 Å². The summed E-state index contributed by atoms with van der Waals surface area (Å²) in [4.78, 5) is 14.3. The molecule has 1 aliphatic heterocycles. The summed E-state index contributed by atoms with van der Waals surface area (Å²) in [5.74, 6) is -0.0304. The highest BCUT2D eigenvalue weighted by Gasteiger charge is 2.28. The Morgan fingerprint density at radius 3 is 3.11 bits per heavy atom. The summed E-state index contributed by atoms with van der Waals surface area (Å²) in [5, 5.41) is 12.3.